The lowest BCUT2D eigenvalue weighted by Crippen LogP contribution is -2.24. The maximum Gasteiger partial charge on any atom is 0.141 e. The lowest BCUT2D eigenvalue weighted by atomic mass is 10.1. The molecule has 0 saturated carbocycles. The van der Waals surface area contributed by atoms with Crippen LogP contribution < -0.4 is 0 Å². The first-order chi connectivity index (χ1) is 8.13. The van der Waals surface area contributed by atoms with E-state index >= 15 is 0 Å². The van der Waals surface area contributed by atoms with E-state index in [4.69, 9.17) is 10.00 Å². The summed E-state index contributed by atoms with van der Waals surface area (Å²) < 4.78 is 5.33. The third kappa shape index (κ3) is 4.99. The van der Waals surface area contributed by atoms with Gasteiger partial charge < -0.3 is 4.74 Å². The molecule has 0 heterocycles. The average molecular weight is 232 g/mol. The lowest BCUT2D eigenvalue weighted by molar-refractivity contribution is 0.0827. The highest BCUT2D eigenvalue weighted by Crippen LogP contribution is 2.09. The van der Waals surface area contributed by atoms with Crippen molar-refractivity contribution in [3.05, 3.63) is 35.4 Å². The van der Waals surface area contributed by atoms with Crippen LogP contribution in [0.15, 0.2) is 24.3 Å². The van der Waals surface area contributed by atoms with Crippen LogP contribution in [-0.4, -0.2) is 31.2 Å². The highest BCUT2D eigenvalue weighted by molar-refractivity contribution is 5.25. The van der Waals surface area contributed by atoms with Gasteiger partial charge in [-0.3, -0.25) is 4.90 Å². The van der Waals surface area contributed by atoms with Gasteiger partial charge in [-0.25, -0.2) is 0 Å². The quantitative estimate of drug-likeness (QED) is 0.755. The molecule has 1 atom stereocenters. The molecule has 0 radical (unpaired) electrons. The number of benzene rings is 1. The molecule has 0 spiro atoms. The Labute approximate surface area is 104 Å². The van der Waals surface area contributed by atoms with E-state index in [1.165, 1.54) is 11.1 Å². The Morgan fingerprint density at radius 3 is 2.76 bits per heavy atom. The summed E-state index contributed by atoms with van der Waals surface area (Å²) in [5, 5.41) is 8.58. The van der Waals surface area contributed by atoms with Crippen molar-refractivity contribution in [1.82, 2.24) is 4.90 Å². The smallest absolute Gasteiger partial charge is 0.141 e. The third-order valence-electron chi connectivity index (χ3n) is 2.72. The number of nitriles is 1. The van der Waals surface area contributed by atoms with Crippen LogP contribution in [0.4, 0.5) is 0 Å². The Morgan fingerprint density at radius 2 is 2.12 bits per heavy atom. The van der Waals surface area contributed by atoms with Crippen molar-refractivity contribution in [2.24, 2.45) is 0 Å². The summed E-state index contributed by atoms with van der Waals surface area (Å²) in [6.45, 7) is 6.23. The Kier molecular flexibility index (Phi) is 5.68. The van der Waals surface area contributed by atoms with Gasteiger partial charge in [-0.15, -0.1) is 0 Å². The first-order valence-corrected chi connectivity index (χ1v) is 5.87. The molecule has 0 aliphatic carbocycles. The van der Waals surface area contributed by atoms with Gasteiger partial charge in [-0.05, 0) is 32.0 Å². The van der Waals surface area contributed by atoms with E-state index in [1.807, 2.05) is 0 Å². The maximum atomic E-state index is 8.58. The van der Waals surface area contributed by atoms with Crippen molar-refractivity contribution in [2.75, 3.05) is 20.2 Å². The first kappa shape index (κ1) is 13.7. The van der Waals surface area contributed by atoms with Crippen molar-refractivity contribution in [3.63, 3.8) is 0 Å². The molecule has 0 amide bonds. The van der Waals surface area contributed by atoms with Gasteiger partial charge in [0.05, 0.1) is 12.7 Å². The van der Waals surface area contributed by atoms with Crippen LogP contribution in [0.3, 0.4) is 0 Å². The monoisotopic (exact) mass is 232 g/mol. The zero-order valence-electron chi connectivity index (χ0n) is 10.8. The van der Waals surface area contributed by atoms with Crippen LogP contribution in [0.25, 0.3) is 0 Å². The largest absolute Gasteiger partial charge is 0.362 e. The molecular weight excluding hydrogens is 212 g/mol. The Morgan fingerprint density at radius 1 is 1.41 bits per heavy atom. The number of ether oxygens (including phenoxy) is 1. The molecule has 3 nitrogen and oxygen atoms in total. The van der Waals surface area contributed by atoms with Crippen LogP contribution in [0.2, 0.25) is 0 Å². The minimum absolute atomic E-state index is 0.318. The lowest BCUT2D eigenvalue weighted by Gasteiger charge is -2.18. The second-order valence-electron chi connectivity index (χ2n) is 4.31. The molecule has 0 saturated heterocycles. The fourth-order valence-electron chi connectivity index (χ4n) is 1.58. The number of aryl methyl sites for hydroxylation is 1. The van der Waals surface area contributed by atoms with Crippen LogP contribution in [0.5, 0.6) is 0 Å². The highest BCUT2D eigenvalue weighted by atomic mass is 16.5. The summed E-state index contributed by atoms with van der Waals surface area (Å²) in [5.74, 6) is 0. The normalized spacial score (nSPS) is 12.4. The van der Waals surface area contributed by atoms with Gasteiger partial charge in [0.2, 0.25) is 0 Å². The number of nitrogens with zero attached hydrogens (tertiary/aromatic N) is 2. The Hall–Kier alpha value is -1.37. The molecule has 17 heavy (non-hydrogen) atoms. The predicted molar refractivity (Wildman–Crippen MR) is 68.5 cm³/mol. The fraction of sp³-hybridized carbons (Fsp3) is 0.500. The molecule has 0 aromatic heterocycles. The van der Waals surface area contributed by atoms with Gasteiger partial charge in [0, 0.05) is 13.1 Å². The van der Waals surface area contributed by atoms with Crippen LogP contribution >= 0.6 is 0 Å². The average Bonchev–Trinajstić information content (AvgIpc) is 2.32. The van der Waals surface area contributed by atoms with Crippen LogP contribution in [-0.2, 0) is 11.3 Å². The van der Waals surface area contributed by atoms with Gasteiger partial charge in [0.15, 0.2) is 0 Å². The summed E-state index contributed by atoms with van der Waals surface area (Å²) in [5.41, 5.74) is 2.65. The number of hydrogen-bond donors (Lipinski definition) is 0. The van der Waals surface area contributed by atoms with Crippen molar-refractivity contribution in [1.29, 1.82) is 5.26 Å². The van der Waals surface area contributed by atoms with E-state index in [1.54, 1.807) is 6.92 Å². The predicted octanol–water partition coefficient (Wildman–Crippen LogP) is 2.36. The minimum Gasteiger partial charge on any atom is -0.362 e. The van der Waals surface area contributed by atoms with E-state index < -0.39 is 0 Å². The van der Waals surface area contributed by atoms with Gasteiger partial charge in [-0.2, -0.15) is 5.26 Å². The van der Waals surface area contributed by atoms with Gasteiger partial charge >= 0.3 is 0 Å². The Bertz CT molecular complexity index is 384. The fourth-order valence-corrected chi connectivity index (χ4v) is 1.58. The summed E-state index contributed by atoms with van der Waals surface area (Å²) >= 11 is 0. The molecule has 0 aliphatic heterocycles. The molecule has 3 heteroatoms. The zero-order valence-corrected chi connectivity index (χ0v) is 10.8. The SMILES string of the molecule is Cc1ccccc1CN(C)CCOC(C)C#N. The summed E-state index contributed by atoms with van der Waals surface area (Å²) in [6, 6.07) is 10.4. The van der Waals surface area contributed by atoms with E-state index in [2.05, 4.69) is 49.2 Å². The second kappa shape index (κ2) is 7.05. The molecule has 1 aromatic carbocycles. The molecule has 0 N–H and O–H groups in total. The van der Waals surface area contributed by atoms with E-state index in [0.29, 0.717) is 6.61 Å². The topological polar surface area (TPSA) is 36.3 Å². The van der Waals surface area contributed by atoms with Gasteiger partial charge in [-0.1, -0.05) is 24.3 Å². The molecule has 0 aliphatic rings. The zero-order chi connectivity index (χ0) is 12.7. The molecular formula is C14H20N2O. The van der Waals surface area contributed by atoms with Crippen LogP contribution in [0, 0.1) is 18.3 Å². The number of likely N-dealkylation sites (N-methyl/N-ethyl adjacent to an activating group) is 1. The summed E-state index contributed by atoms with van der Waals surface area (Å²) in [7, 11) is 2.06. The summed E-state index contributed by atoms with van der Waals surface area (Å²) in [6.07, 6.45) is -0.318. The standard InChI is InChI=1S/C14H20N2O/c1-12-6-4-5-7-14(12)11-16(3)8-9-17-13(2)10-15/h4-7,13H,8-9,11H2,1-3H3. The number of rotatable bonds is 6. The first-order valence-electron chi connectivity index (χ1n) is 5.87. The van der Waals surface area contributed by atoms with Crippen LogP contribution in [0.1, 0.15) is 18.1 Å². The molecule has 1 rings (SSSR count). The highest BCUT2D eigenvalue weighted by Gasteiger charge is 2.04. The second-order valence-corrected chi connectivity index (χ2v) is 4.31. The molecule has 1 aromatic rings. The van der Waals surface area contributed by atoms with E-state index in [-0.39, 0.29) is 6.10 Å². The molecule has 92 valence electrons. The molecule has 1 unspecified atom stereocenters. The molecule has 0 bridgehead atoms. The van der Waals surface area contributed by atoms with Crippen molar-refractivity contribution in [2.45, 2.75) is 26.5 Å². The van der Waals surface area contributed by atoms with Crippen molar-refractivity contribution in [3.8, 4) is 6.07 Å². The number of hydrogen-bond acceptors (Lipinski definition) is 3. The molecule has 0 fully saturated rings. The maximum absolute atomic E-state index is 8.58. The summed E-state index contributed by atoms with van der Waals surface area (Å²) in [4.78, 5) is 2.20. The van der Waals surface area contributed by atoms with E-state index in [9.17, 15) is 0 Å². The minimum atomic E-state index is -0.318. The van der Waals surface area contributed by atoms with Crippen molar-refractivity contribution < 1.29 is 4.74 Å². The van der Waals surface area contributed by atoms with Crippen molar-refractivity contribution >= 4 is 0 Å². The van der Waals surface area contributed by atoms with Gasteiger partial charge in [0.25, 0.3) is 0 Å². The third-order valence-corrected chi connectivity index (χ3v) is 2.72. The van der Waals surface area contributed by atoms with E-state index in [0.717, 1.165) is 13.1 Å². The van der Waals surface area contributed by atoms with Gasteiger partial charge in [0.1, 0.15) is 6.10 Å². The Balaban J connectivity index is 2.33.